The zero-order valence-electron chi connectivity index (χ0n) is 10.6. The van der Waals surface area contributed by atoms with Gasteiger partial charge in [-0.2, -0.15) is 0 Å². The molecular formula is C11H13N5O3S. The molecule has 2 aromatic rings. The fraction of sp³-hybridized carbons (Fsp3) is 0.182. The van der Waals surface area contributed by atoms with Crippen LogP contribution in [-0.4, -0.2) is 30.5 Å². The van der Waals surface area contributed by atoms with Gasteiger partial charge in [0.2, 0.25) is 21.9 Å². The van der Waals surface area contributed by atoms with Gasteiger partial charge in [0, 0.05) is 18.8 Å². The lowest BCUT2D eigenvalue weighted by Gasteiger charge is -2.07. The van der Waals surface area contributed by atoms with Gasteiger partial charge >= 0.3 is 0 Å². The lowest BCUT2D eigenvalue weighted by molar-refractivity contribution is 0.397. The molecule has 2 heterocycles. The van der Waals surface area contributed by atoms with Crippen LogP contribution in [0.5, 0.6) is 5.88 Å². The molecule has 20 heavy (non-hydrogen) atoms. The van der Waals surface area contributed by atoms with Gasteiger partial charge in [-0.3, -0.25) is 0 Å². The molecule has 9 heteroatoms. The van der Waals surface area contributed by atoms with E-state index >= 15 is 0 Å². The van der Waals surface area contributed by atoms with Crippen molar-refractivity contribution in [3.05, 3.63) is 36.3 Å². The summed E-state index contributed by atoms with van der Waals surface area (Å²) >= 11 is 0. The first-order valence-electron chi connectivity index (χ1n) is 5.57. The lowest BCUT2D eigenvalue weighted by Crippen LogP contribution is -2.23. The average Bonchev–Trinajstić information content (AvgIpc) is 2.46. The molecule has 0 bridgehead atoms. The highest BCUT2D eigenvalue weighted by atomic mass is 32.2. The number of aromatic nitrogens is 3. The highest BCUT2D eigenvalue weighted by molar-refractivity contribution is 7.89. The Bertz CT molecular complexity index is 687. The fourth-order valence-corrected chi connectivity index (χ4v) is 2.30. The highest BCUT2D eigenvalue weighted by Crippen LogP contribution is 2.10. The zero-order valence-corrected chi connectivity index (χ0v) is 11.5. The summed E-state index contributed by atoms with van der Waals surface area (Å²) in [5, 5.41) is 0. The Morgan fingerprint density at radius 3 is 2.65 bits per heavy atom. The van der Waals surface area contributed by atoms with Gasteiger partial charge in [0.25, 0.3) is 0 Å². The van der Waals surface area contributed by atoms with Crippen molar-refractivity contribution in [1.29, 1.82) is 0 Å². The SMILES string of the molecule is COc1cc(CNS(=O)(=O)c2cnc(N)nc2)ccn1. The molecule has 0 aromatic carbocycles. The number of pyridine rings is 1. The Labute approximate surface area is 116 Å². The molecule has 0 amide bonds. The first-order chi connectivity index (χ1) is 9.51. The summed E-state index contributed by atoms with van der Waals surface area (Å²) in [5.41, 5.74) is 6.03. The predicted octanol–water partition coefficient (Wildman–Crippen LogP) is -0.0591. The Hall–Kier alpha value is -2.26. The lowest BCUT2D eigenvalue weighted by atomic mass is 10.3. The van der Waals surface area contributed by atoms with E-state index in [-0.39, 0.29) is 17.4 Å². The summed E-state index contributed by atoms with van der Waals surface area (Å²) in [7, 11) is -2.20. The Morgan fingerprint density at radius 2 is 2.00 bits per heavy atom. The zero-order chi connectivity index (χ0) is 14.6. The maximum absolute atomic E-state index is 12.0. The Kier molecular flexibility index (Phi) is 4.11. The number of anilines is 1. The number of hydrogen-bond donors (Lipinski definition) is 2. The van der Waals surface area contributed by atoms with E-state index in [1.165, 1.54) is 13.3 Å². The molecule has 0 saturated heterocycles. The number of rotatable bonds is 5. The van der Waals surface area contributed by atoms with Gasteiger partial charge in [0.15, 0.2) is 0 Å². The highest BCUT2D eigenvalue weighted by Gasteiger charge is 2.14. The number of methoxy groups -OCH3 is 1. The van der Waals surface area contributed by atoms with Crippen LogP contribution in [0.25, 0.3) is 0 Å². The number of sulfonamides is 1. The first kappa shape index (κ1) is 14.2. The van der Waals surface area contributed by atoms with Gasteiger partial charge in [0.05, 0.1) is 19.5 Å². The largest absolute Gasteiger partial charge is 0.481 e. The first-order valence-corrected chi connectivity index (χ1v) is 7.06. The smallest absolute Gasteiger partial charge is 0.243 e. The van der Waals surface area contributed by atoms with Crippen molar-refractivity contribution in [1.82, 2.24) is 19.7 Å². The minimum absolute atomic E-state index is 0.0165. The van der Waals surface area contributed by atoms with Crippen LogP contribution in [-0.2, 0) is 16.6 Å². The quantitative estimate of drug-likeness (QED) is 0.792. The van der Waals surface area contributed by atoms with Crippen molar-refractivity contribution >= 4 is 16.0 Å². The topological polar surface area (TPSA) is 120 Å². The third-order valence-corrected chi connectivity index (χ3v) is 3.79. The summed E-state index contributed by atoms with van der Waals surface area (Å²) in [4.78, 5) is 11.2. The second kappa shape index (κ2) is 5.80. The minimum atomic E-state index is -3.69. The Morgan fingerprint density at radius 1 is 1.30 bits per heavy atom. The van der Waals surface area contributed by atoms with Crippen LogP contribution >= 0.6 is 0 Å². The van der Waals surface area contributed by atoms with E-state index in [1.807, 2.05) is 0 Å². The molecule has 3 N–H and O–H groups in total. The van der Waals surface area contributed by atoms with Crippen molar-refractivity contribution in [3.8, 4) is 5.88 Å². The van der Waals surface area contributed by atoms with E-state index < -0.39 is 10.0 Å². The summed E-state index contributed by atoms with van der Waals surface area (Å²) in [5.74, 6) is 0.431. The Balaban J connectivity index is 2.10. The van der Waals surface area contributed by atoms with E-state index in [4.69, 9.17) is 10.5 Å². The standard InChI is InChI=1S/C11H13N5O3S/c1-19-10-4-8(2-3-13-10)5-16-20(17,18)9-6-14-11(12)15-7-9/h2-4,6-7,16H,5H2,1H3,(H2,12,14,15). The maximum atomic E-state index is 12.0. The second-order valence-electron chi connectivity index (χ2n) is 3.81. The average molecular weight is 295 g/mol. The van der Waals surface area contributed by atoms with Crippen molar-refractivity contribution < 1.29 is 13.2 Å². The van der Waals surface area contributed by atoms with Crippen molar-refractivity contribution in [2.24, 2.45) is 0 Å². The molecular weight excluding hydrogens is 282 g/mol. The van der Waals surface area contributed by atoms with Crippen LogP contribution in [0.2, 0.25) is 0 Å². The molecule has 0 radical (unpaired) electrons. The molecule has 0 aliphatic rings. The summed E-state index contributed by atoms with van der Waals surface area (Å²) < 4.78 is 31.4. The summed E-state index contributed by atoms with van der Waals surface area (Å²) in [6, 6.07) is 3.33. The molecule has 0 saturated carbocycles. The normalized spacial score (nSPS) is 11.2. The van der Waals surface area contributed by atoms with Crippen molar-refractivity contribution in [2.75, 3.05) is 12.8 Å². The predicted molar refractivity (Wildman–Crippen MR) is 71.3 cm³/mol. The molecule has 0 aliphatic heterocycles. The van der Waals surface area contributed by atoms with Crippen molar-refractivity contribution in [2.45, 2.75) is 11.4 Å². The van der Waals surface area contributed by atoms with Crippen LogP contribution in [0, 0.1) is 0 Å². The van der Waals surface area contributed by atoms with Crippen LogP contribution in [0.1, 0.15) is 5.56 Å². The minimum Gasteiger partial charge on any atom is -0.481 e. The molecule has 0 atom stereocenters. The van der Waals surface area contributed by atoms with Gasteiger partial charge < -0.3 is 10.5 Å². The molecule has 2 aromatic heterocycles. The number of hydrogen-bond acceptors (Lipinski definition) is 7. The number of nitrogens with zero attached hydrogens (tertiary/aromatic N) is 3. The molecule has 106 valence electrons. The number of nitrogens with one attached hydrogen (secondary N) is 1. The van der Waals surface area contributed by atoms with Gasteiger partial charge in [-0.15, -0.1) is 0 Å². The molecule has 0 spiro atoms. The summed E-state index contributed by atoms with van der Waals surface area (Å²) in [6.07, 6.45) is 3.84. The van der Waals surface area contributed by atoms with Crippen LogP contribution in [0.3, 0.4) is 0 Å². The molecule has 8 nitrogen and oxygen atoms in total. The van der Waals surface area contributed by atoms with Gasteiger partial charge in [-0.25, -0.2) is 28.1 Å². The van der Waals surface area contributed by atoms with Gasteiger partial charge in [-0.1, -0.05) is 0 Å². The maximum Gasteiger partial charge on any atom is 0.243 e. The number of nitrogen functional groups attached to an aromatic ring is 1. The third-order valence-electron chi connectivity index (χ3n) is 2.43. The van der Waals surface area contributed by atoms with E-state index in [0.717, 1.165) is 18.0 Å². The number of nitrogens with two attached hydrogens (primary N) is 1. The molecule has 2 rings (SSSR count). The monoisotopic (exact) mass is 295 g/mol. The van der Waals surface area contributed by atoms with Crippen LogP contribution < -0.4 is 15.2 Å². The van der Waals surface area contributed by atoms with Crippen LogP contribution in [0.4, 0.5) is 5.95 Å². The molecule has 0 aliphatic carbocycles. The van der Waals surface area contributed by atoms with Crippen molar-refractivity contribution in [3.63, 3.8) is 0 Å². The van der Waals surface area contributed by atoms with Gasteiger partial charge in [0.1, 0.15) is 4.90 Å². The fourth-order valence-electron chi connectivity index (χ4n) is 1.40. The van der Waals surface area contributed by atoms with Gasteiger partial charge in [-0.05, 0) is 11.6 Å². The molecule has 0 unspecified atom stereocenters. The van der Waals surface area contributed by atoms with E-state index in [2.05, 4.69) is 19.7 Å². The van der Waals surface area contributed by atoms with E-state index in [1.54, 1.807) is 12.1 Å². The van der Waals surface area contributed by atoms with E-state index in [9.17, 15) is 8.42 Å². The van der Waals surface area contributed by atoms with Crippen LogP contribution in [0.15, 0.2) is 35.6 Å². The third kappa shape index (κ3) is 3.39. The van der Waals surface area contributed by atoms with E-state index in [0.29, 0.717) is 5.88 Å². The second-order valence-corrected chi connectivity index (χ2v) is 5.57. The molecule has 0 fully saturated rings. The number of ether oxygens (including phenoxy) is 1. The summed E-state index contributed by atoms with van der Waals surface area (Å²) in [6.45, 7) is 0.103.